The zero-order valence-corrected chi connectivity index (χ0v) is 7.52. The number of rotatable bonds is 1. The molecule has 0 aliphatic carbocycles. The van der Waals surface area contributed by atoms with E-state index in [1.807, 2.05) is 0 Å². The van der Waals surface area contributed by atoms with Crippen molar-refractivity contribution in [3.05, 3.63) is 29.7 Å². The number of hydrogen-bond acceptors (Lipinski definition) is 4. The molecule has 0 aliphatic rings. The second kappa shape index (κ2) is 3.19. The van der Waals surface area contributed by atoms with E-state index in [9.17, 15) is 23.1 Å². The summed E-state index contributed by atoms with van der Waals surface area (Å²) < 4.78 is 37.7. The molecule has 8 heteroatoms. The Hall–Kier alpha value is -2.12. The molecule has 0 atom stereocenters. The third-order valence-corrected chi connectivity index (χ3v) is 1.91. The number of carbonyl (C=O) groups is 1. The van der Waals surface area contributed by atoms with Crippen molar-refractivity contribution < 1.29 is 23.1 Å². The summed E-state index contributed by atoms with van der Waals surface area (Å²) in [6.07, 6.45) is -3.94. The molecule has 0 saturated heterocycles. The van der Waals surface area contributed by atoms with E-state index in [1.165, 1.54) is 0 Å². The SMILES string of the molecule is O=C([O-])c1nnc2ccc(C(F)(F)F)cn12. The Morgan fingerprint density at radius 2 is 2.00 bits per heavy atom. The predicted octanol–water partition coefficient (Wildman–Crippen LogP) is 0.112. The van der Waals surface area contributed by atoms with Crippen LogP contribution < -0.4 is 5.11 Å². The molecule has 5 nitrogen and oxygen atoms in total. The van der Waals surface area contributed by atoms with Crippen molar-refractivity contribution in [2.75, 3.05) is 0 Å². The molecule has 0 aromatic carbocycles. The highest BCUT2D eigenvalue weighted by atomic mass is 19.4. The van der Waals surface area contributed by atoms with Gasteiger partial charge >= 0.3 is 6.18 Å². The molecular weight excluding hydrogens is 227 g/mol. The van der Waals surface area contributed by atoms with E-state index in [4.69, 9.17) is 0 Å². The first-order valence-electron chi connectivity index (χ1n) is 4.03. The van der Waals surface area contributed by atoms with Crippen LogP contribution in [0.3, 0.4) is 0 Å². The number of aromatic nitrogens is 3. The Morgan fingerprint density at radius 1 is 1.31 bits per heavy atom. The molecule has 2 aromatic heterocycles. The van der Waals surface area contributed by atoms with Crippen molar-refractivity contribution in [1.29, 1.82) is 0 Å². The highest BCUT2D eigenvalue weighted by molar-refractivity contribution is 5.82. The van der Waals surface area contributed by atoms with Gasteiger partial charge in [-0.25, -0.2) is 0 Å². The Bertz CT molecular complexity index is 561. The second-order valence-electron chi connectivity index (χ2n) is 2.95. The van der Waals surface area contributed by atoms with E-state index in [2.05, 4.69) is 10.2 Å². The molecule has 2 rings (SSSR count). The maximum Gasteiger partial charge on any atom is 0.417 e. The summed E-state index contributed by atoms with van der Waals surface area (Å²) in [4.78, 5) is 10.5. The average molecular weight is 230 g/mol. The number of pyridine rings is 1. The van der Waals surface area contributed by atoms with Gasteiger partial charge in [-0.2, -0.15) is 13.2 Å². The topological polar surface area (TPSA) is 70.3 Å². The number of aromatic carboxylic acids is 1. The van der Waals surface area contributed by atoms with Crippen molar-refractivity contribution in [3.8, 4) is 0 Å². The third-order valence-electron chi connectivity index (χ3n) is 1.91. The molecule has 0 aliphatic heterocycles. The molecule has 2 aromatic rings. The number of carboxylic acids is 1. The largest absolute Gasteiger partial charge is 0.541 e. The van der Waals surface area contributed by atoms with Crippen LogP contribution in [0.4, 0.5) is 13.2 Å². The van der Waals surface area contributed by atoms with E-state index >= 15 is 0 Å². The van der Waals surface area contributed by atoms with E-state index in [-0.39, 0.29) is 5.65 Å². The Morgan fingerprint density at radius 3 is 2.56 bits per heavy atom. The number of fused-ring (bicyclic) bond motifs is 1. The molecule has 84 valence electrons. The van der Waals surface area contributed by atoms with Crippen molar-refractivity contribution in [1.82, 2.24) is 14.6 Å². The van der Waals surface area contributed by atoms with Gasteiger partial charge in [-0.05, 0) is 12.1 Å². The summed E-state index contributed by atoms with van der Waals surface area (Å²) in [5.74, 6) is -2.35. The molecule has 16 heavy (non-hydrogen) atoms. The number of halogens is 3. The zero-order chi connectivity index (χ0) is 11.9. The van der Waals surface area contributed by atoms with Gasteiger partial charge in [-0.3, -0.25) is 4.40 Å². The van der Waals surface area contributed by atoms with Crippen LogP contribution >= 0.6 is 0 Å². The van der Waals surface area contributed by atoms with E-state index < -0.39 is 23.5 Å². The normalized spacial score (nSPS) is 11.9. The van der Waals surface area contributed by atoms with Gasteiger partial charge in [0.1, 0.15) is 5.97 Å². The smallest absolute Gasteiger partial charge is 0.417 e. The molecule has 0 N–H and O–H groups in total. The maximum atomic E-state index is 12.3. The van der Waals surface area contributed by atoms with E-state index in [0.29, 0.717) is 6.20 Å². The summed E-state index contributed by atoms with van der Waals surface area (Å²) in [5, 5.41) is 17.1. The monoisotopic (exact) mass is 230 g/mol. The number of nitrogens with zero attached hydrogens (tertiary/aromatic N) is 3. The van der Waals surface area contributed by atoms with Crippen LogP contribution in [-0.2, 0) is 6.18 Å². The van der Waals surface area contributed by atoms with Crippen molar-refractivity contribution in [3.63, 3.8) is 0 Å². The number of alkyl halides is 3. The summed E-state index contributed by atoms with van der Waals surface area (Å²) in [6.45, 7) is 0. The highest BCUT2D eigenvalue weighted by Crippen LogP contribution is 2.29. The van der Waals surface area contributed by atoms with Gasteiger partial charge < -0.3 is 9.90 Å². The molecule has 0 unspecified atom stereocenters. The fourth-order valence-electron chi connectivity index (χ4n) is 1.20. The van der Waals surface area contributed by atoms with Crippen LogP contribution in [-0.4, -0.2) is 20.6 Å². The lowest BCUT2D eigenvalue weighted by Crippen LogP contribution is -2.25. The van der Waals surface area contributed by atoms with E-state index in [0.717, 1.165) is 16.5 Å². The minimum Gasteiger partial charge on any atom is -0.541 e. The van der Waals surface area contributed by atoms with Gasteiger partial charge in [0.2, 0.25) is 0 Å². The van der Waals surface area contributed by atoms with Crippen LogP contribution in [0, 0.1) is 0 Å². The predicted molar refractivity (Wildman–Crippen MR) is 42.3 cm³/mol. The Balaban J connectivity index is 2.68. The molecule has 0 radical (unpaired) electrons. The van der Waals surface area contributed by atoms with Crippen molar-refractivity contribution in [2.45, 2.75) is 6.18 Å². The number of hydrogen-bond donors (Lipinski definition) is 0. The molecule has 0 spiro atoms. The lowest BCUT2D eigenvalue weighted by Gasteiger charge is -2.07. The van der Waals surface area contributed by atoms with Gasteiger partial charge in [-0.1, -0.05) is 0 Å². The van der Waals surface area contributed by atoms with Crippen LogP contribution in [0.15, 0.2) is 18.3 Å². The molecule has 0 amide bonds. The highest BCUT2D eigenvalue weighted by Gasteiger charge is 2.31. The lowest BCUT2D eigenvalue weighted by atomic mass is 10.3. The molecular formula is C8H3F3N3O2-. The standard InChI is InChI=1S/C8H4F3N3O2/c9-8(10,11)4-1-2-5-12-13-6(7(15)16)14(5)3-4/h1-3H,(H,15,16)/p-1. The molecule has 0 fully saturated rings. The van der Waals surface area contributed by atoms with Crippen molar-refractivity contribution >= 4 is 11.6 Å². The minimum atomic E-state index is -4.55. The quantitative estimate of drug-likeness (QED) is 0.697. The maximum absolute atomic E-state index is 12.3. The summed E-state index contributed by atoms with van der Waals surface area (Å²) in [5.41, 5.74) is -0.977. The van der Waals surface area contributed by atoms with Gasteiger partial charge in [0, 0.05) is 6.20 Å². The Labute approximate surface area is 86.1 Å². The van der Waals surface area contributed by atoms with E-state index in [1.54, 1.807) is 0 Å². The van der Waals surface area contributed by atoms with Crippen LogP contribution in [0.1, 0.15) is 16.2 Å². The van der Waals surface area contributed by atoms with Crippen LogP contribution in [0.5, 0.6) is 0 Å². The Kier molecular flexibility index (Phi) is 2.07. The molecule has 2 heterocycles. The van der Waals surface area contributed by atoms with Gasteiger partial charge in [-0.15, -0.1) is 10.2 Å². The first kappa shape index (κ1) is 10.4. The minimum absolute atomic E-state index is 0.00667. The average Bonchev–Trinajstić information content (AvgIpc) is 2.58. The van der Waals surface area contributed by atoms with Gasteiger partial charge in [0.25, 0.3) is 0 Å². The number of carbonyl (C=O) groups excluding carboxylic acids is 1. The van der Waals surface area contributed by atoms with Gasteiger partial charge in [0.05, 0.1) is 5.56 Å². The van der Waals surface area contributed by atoms with Crippen LogP contribution in [0.25, 0.3) is 5.65 Å². The lowest BCUT2D eigenvalue weighted by molar-refractivity contribution is -0.256. The summed E-state index contributed by atoms with van der Waals surface area (Å²) >= 11 is 0. The van der Waals surface area contributed by atoms with Crippen LogP contribution in [0.2, 0.25) is 0 Å². The third kappa shape index (κ3) is 1.58. The first-order valence-corrected chi connectivity index (χ1v) is 4.03. The number of carboxylic acid groups (broad SMARTS) is 1. The fourth-order valence-corrected chi connectivity index (χ4v) is 1.20. The van der Waals surface area contributed by atoms with Gasteiger partial charge in [0.15, 0.2) is 11.5 Å². The fraction of sp³-hybridized carbons (Fsp3) is 0.125. The summed E-state index contributed by atoms with van der Waals surface area (Å²) in [6, 6.07) is 1.82. The summed E-state index contributed by atoms with van der Waals surface area (Å²) in [7, 11) is 0. The molecule has 0 bridgehead atoms. The first-order chi connectivity index (χ1) is 7.39. The second-order valence-corrected chi connectivity index (χ2v) is 2.95. The molecule has 0 saturated carbocycles. The zero-order valence-electron chi connectivity index (χ0n) is 7.52. The van der Waals surface area contributed by atoms with Crippen molar-refractivity contribution in [2.24, 2.45) is 0 Å².